The average Bonchev–Trinajstić information content (AvgIpc) is 2.60. The topological polar surface area (TPSA) is 70.7 Å². The van der Waals surface area contributed by atoms with E-state index in [1.807, 2.05) is 26.0 Å². The van der Waals surface area contributed by atoms with Gasteiger partial charge in [-0.15, -0.1) is 0 Å². The molecule has 0 radical (unpaired) electrons. The molecule has 1 aliphatic rings. The second-order valence-corrected chi connectivity index (χ2v) is 6.03. The summed E-state index contributed by atoms with van der Waals surface area (Å²) in [4.78, 5) is 26.2. The zero-order valence-corrected chi connectivity index (χ0v) is 15.3. The molecular formula is C18H22F3N3O3. The minimum Gasteiger partial charge on any atom is -0.453 e. The maximum absolute atomic E-state index is 12.4. The van der Waals surface area contributed by atoms with Crippen molar-refractivity contribution in [3.05, 3.63) is 41.1 Å². The van der Waals surface area contributed by atoms with Gasteiger partial charge in [-0.2, -0.15) is 13.2 Å². The summed E-state index contributed by atoms with van der Waals surface area (Å²) in [5.74, 6) is -1.13. The van der Waals surface area contributed by atoms with Crippen molar-refractivity contribution < 1.29 is 27.5 Å². The Hall–Kier alpha value is -2.71. The Labute approximate surface area is 155 Å². The van der Waals surface area contributed by atoms with Crippen LogP contribution in [0.25, 0.3) is 0 Å². The number of allylic oxidation sites excluding steroid dienone is 1. The molecule has 9 heteroatoms. The molecule has 0 unspecified atom stereocenters. The van der Waals surface area contributed by atoms with Crippen molar-refractivity contribution in [2.75, 3.05) is 24.6 Å². The summed E-state index contributed by atoms with van der Waals surface area (Å²) in [6.45, 7) is 5.42. The van der Waals surface area contributed by atoms with E-state index < -0.39 is 30.8 Å². The number of urea groups is 1. The van der Waals surface area contributed by atoms with E-state index in [9.17, 15) is 22.8 Å². The van der Waals surface area contributed by atoms with Crippen LogP contribution in [0.1, 0.15) is 32.4 Å². The largest absolute Gasteiger partial charge is 0.453 e. The molecule has 2 N–H and O–H groups in total. The maximum atomic E-state index is 12.4. The fourth-order valence-electron chi connectivity index (χ4n) is 2.91. The Morgan fingerprint density at radius 2 is 1.78 bits per heavy atom. The van der Waals surface area contributed by atoms with E-state index >= 15 is 0 Å². The van der Waals surface area contributed by atoms with Gasteiger partial charge in [0.1, 0.15) is 0 Å². The first kappa shape index (κ1) is 20.6. The van der Waals surface area contributed by atoms with Gasteiger partial charge < -0.3 is 20.3 Å². The summed E-state index contributed by atoms with van der Waals surface area (Å²) in [5, 5.41) is 4.96. The quantitative estimate of drug-likeness (QED) is 0.738. The number of halogens is 3. The second-order valence-electron chi connectivity index (χ2n) is 6.03. The number of ether oxygens (including phenoxy) is 1. The molecule has 1 aromatic rings. The molecule has 2 amide bonds. The molecule has 1 aliphatic heterocycles. The van der Waals surface area contributed by atoms with E-state index in [2.05, 4.69) is 20.3 Å². The number of anilines is 1. The van der Waals surface area contributed by atoms with E-state index in [-0.39, 0.29) is 11.3 Å². The third kappa shape index (κ3) is 5.15. The number of nitrogens with zero attached hydrogens (tertiary/aromatic N) is 1. The maximum Gasteiger partial charge on any atom is 0.422 e. The van der Waals surface area contributed by atoms with Crippen LogP contribution in [0.15, 0.2) is 35.5 Å². The molecule has 0 spiro atoms. The number of nitrogens with one attached hydrogen (secondary N) is 2. The summed E-state index contributed by atoms with van der Waals surface area (Å²) in [5.41, 5.74) is 1.63. The van der Waals surface area contributed by atoms with Crippen molar-refractivity contribution in [2.24, 2.45) is 0 Å². The lowest BCUT2D eigenvalue weighted by molar-refractivity contribution is -0.183. The second kappa shape index (κ2) is 8.32. The summed E-state index contributed by atoms with van der Waals surface area (Å²) in [6, 6.07) is 5.69. The van der Waals surface area contributed by atoms with Crippen LogP contribution in [0.3, 0.4) is 0 Å². The van der Waals surface area contributed by atoms with Crippen LogP contribution in [0.4, 0.5) is 23.7 Å². The van der Waals surface area contributed by atoms with Gasteiger partial charge in [0.05, 0.1) is 11.6 Å². The van der Waals surface area contributed by atoms with Crippen molar-refractivity contribution >= 4 is 17.7 Å². The molecule has 27 heavy (non-hydrogen) atoms. The molecular weight excluding hydrogens is 363 g/mol. The SMILES string of the molecule is CCN(CC)c1ccc([C@@H]2NC(=O)NC(C)=C2C(=O)OCC(F)(F)F)cc1. The molecule has 0 fully saturated rings. The molecule has 1 heterocycles. The number of hydrogen-bond acceptors (Lipinski definition) is 4. The first-order chi connectivity index (χ1) is 12.7. The minimum atomic E-state index is -4.63. The van der Waals surface area contributed by atoms with Crippen molar-refractivity contribution in [2.45, 2.75) is 33.0 Å². The Morgan fingerprint density at radius 3 is 2.30 bits per heavy atom. The molecule has 0 bridgehead atoms. The predicted molar refractivity (Wildman–Crippen MR) is 94.1 cm³/mol. The monoisotopic (exact) mass is 385 g/mol. The van der Waals surface area contributed by atoms with E-state index in [1.165, 1.54) is 6.92 Å². The third-order valence-electron chi connectivity index (χ3n) is 4.21. The molecule has 0 aromatic heterocycles. The van der Waals surface area contributed by atoms with Crippen LogP contribution in [0.5, 0.6) is 0 Å². The lowest BCUT2D eigenvalue weighted by Crippen LogP contribution is -2.45. The lowest BCUT2D eigenvalue weighted by Gasteiger charge is -2.29. The van der Waals surface area contributed by atoms with Gasteiger partial charge in [0.15, 0.2) is 6.61 Å². The van der Waals surface area contributed by atoms with Crippen molar-refractivity contribution in [1.82, 2.24) is 10.6 Å². The van der Waals surface area contributed by atoms with Gasteiger partial charge in [-0.3, -0.25) is 0 Å². The Morgan fingerprint density at radius 1 is 1.19 bits per heavy atom. The summed E-state index contributed by atoms with van der Waals surface area (Å²) in [7, 11) is 0. The van der Waals surface area contributed by atoms with E-state index in [1.54, 1.807) is 12.1 Å². The number of carbonyl (C=O) groups excluding carboxylic acids is 2. The molecule has 148 valence electrons. The van der Waals surface area contributed by atoms with E-state index in [0.29, 0.717) is 5.56 Å². The van der Waals surface area contributed by atoms with Gasteiger partial charge in [0, 0.05) is 24.5 Å². The molecule has 0 saturated carbocycles. The molecule has 2 rings (SSSR count). The van der Waals surface area contributed by atoms with Crippen LogP contribution >= 0.6 is 0 Å². The number of benzene rings is 1. The minimum absolute atomic E-state index is 0.0607. The van der Waals surface area contributed by atoms with E-state index in [0.717, 1.165) is 18.8 Å². The van der Waals surface area contributed by atoms with Gasteiger partial charge >= 0.3 is 18.2 Å². The summed E-state index contributed by atoms with van der Waals surface area (Å²) < 4.78 is 41.5. The fraction of sp³-hybridized carbons (Fsp3) is 0.444. The zero-order chi connectivity index (χ0) is 20.2. The zero-order valence-electron chi connectivity index (χ0n) is 15.3. The lowest BCUT2D eigenvalue weighted by atomic mass is 9.95. The number of alkyl halides is 3. The van der Waals surface area contributed by atoms with Crippen LogP contribution < -0.4 is 15.5 Å². The van der Waals surface area contributed by atoms with Crippen molar-refractivity contribution in [1.29, 1.82) is 0 Å². The fourth-order valence-corrected chi connectivity index (χ4v) is 2.91. The number of carbonyl (C=O) groups is 2. The van der Waals surface area contributed by atoms with Gasteiger partial charge in [-0.25, -0.2) is 9.59 Å². The van der Waals surface area contributed by atoms with Gasteiger partial charge in [0.2, 0.25) is 0 Å². The molecule has 1 atom stereocenters. The van der Waals surface area contributed by atoms with Crippen molar-refractivity contribution in [3.63, 3.8) is 0 Å². The van der Waals surface area contributed by atoms with Crippen LogP contribution in [0, 0.1) is 0 Å². The summed E-state index contributed by atoms with van der Waals surface area (Å²) >= 11 is 0. The van der Waals surface area contributed by atoms with Crippen LogP contribution in [0.2, 0.25) is 0 Å². The van der Waals surface area contributed by atoms with Gasteiger partial charge in [0.25, 0.3) is 0 Å². The molecule has 1 aromatic carbocycles. The molecule has 6 nitrogen and oxygen atoms in total. The first-order valence-corrected chi connectivity index (χ1v) is 8.53. The number of esters is 1. The number of hydrogen-bond donors (Lipinski definition) is 2. The number of rotatable bonds is 6. The highest BCUT2D eigenvalue weighted by Gasteiger charge is 2.35. The highest BCUT2D eigenvalue weighted by atomic mass is 19.4. The standard InChI is InChI=1S/C18H22F3N3O3/c1-4-24(5-2)13-8-6-12(7-9-13)15-14(11(3)22-17(26)23-15)16(25)27-10-18(19,20)21/h6-9,15H,4-5,10H2,1-3H3,(H2,22,23,26)/t15-/m0/s1. The third-order valence-corrected chi connectivity index (χ3v) is 4.21. The Balaban J connectivity index is 2.30. The average molecular weight is 385 g/mol. The van der Waals surface area contributed by atoms with Crippen molar-refractivity contribution in [3.8, 4) is 0 Å². The Bertz CT molecular complexity index is 726. The Kier molecular flexibility index (Phi) is 6.35. The molecule has 0 saturated heterocycles. The molecule has 0 aliphatic carbocycles. The van der Waals surface area contributed by atoms with E-state index in [4.69, 9.17) is 0 Å². The van der Waals surface area contributed by atoms with Crippen LogP contribution in [-0.4, -0.2) is 37.9 Å². The van der Waals surface area contributed by atoms with Gasteiger partial charge in [-0.05, 0) is 38.5 Å². The van der Waals surface area contributed by atoms with Gasteiger partial charge in [-0.1, -0.05) is 12.1 Å². The highest BCUT2D eigenvalue weighted by molar-refractivity contribution is 5.95. The smallest absolute Gasteiger partial charge is 0.422 e. The summed E-state index contributed by atoms with van der Waals surface area (Å²) in [6.07, 6.45) is -4.63. The van der Waals surface area contributed by atoms with Crippen LogP contribution in [-0.2, 0) is 9.53 Å². The first-order valence-electron chi connectivity index (χ1n) is 8.53. The predicted octanol–water partition coefficient (Wildman–Crippen LogP) is 3.27. The normalized spacial score (nSPS) is 17.3. The number of amides is 2. The highest BCUT2D eigenvalue weighted by Crippen LogP contribution is 2.29.